The summed E-state index contributed by atoms with van der Waals surface area (Å²) in [5.74, 6) is -1.34. The molecule has 3 saturated carbocycles. The standard InChI is InChI=1S/C30H44O5/c1-18(24(31)32)19-8-10-29(6)23-22(35-15-7-9-27(19,23)4)16-20-21-17-26(2,3)11-13-30(21,25(33)34)14-12-28(20,29)5/h16,19,21-23H,1,7-15,17H2,2-6H3,(H,31,32)(H,33,34)/t19?,21-,22?,23?,27-,28+,29+,30-/m0/s1. The van der Waals surface area contributed by atoms with Crippen LogP contribution in [0.2, 0.25) is 0 Å². The molecule has 0 spiro atoms. The number of allylic oxidation sites excluding steroid dienone is 1. The highest BCUT2D eigenvalue weighted by Crippen LogP contribution is 2.74. The molecule has 1 saturated heterocycles. The molecular formula is C30H44O5. The van der Waals surface area contributed by atoms with Crippen LogP contribution in [0, 0.1) is 44.8 Å². The summed E-state index contributed by atoms with van der Waals surface area (Å²) in [6.07, 6.45) is 10.1. The molecule has 1 heterocycles. The van der Waals surface area contributed by atoms with Gasteiger partial charge in [-0.05, 0) is 91.3 Å². The van der Waals surface area contributed by atoms with Crippen LogP contribution in [0.15, 0.2) is 23.8 Å². The Morgan fingerprint density at radius 2 is 1.69 bits per heavy atom. The average molecular weight is 485 g/mol. The van der Waals surface area contributed by atoms with Gasteiger partial charge in [0.2, 0.25) is 0 Å². The van der Waals surface area contributed by atoms with Gasteiger partial charge >= 0.3 is 11.9 Å². The van der Waals surface area contributed by atoms with Gasteiger partial charge in [-0.15, -0.1) is 0 Å². The second kappa shape index (κ2) is 7.69. The Kier molecular flexibility index (Phi) is 5.51. The number of carbonyl (C=O) groups is 2. The Morgan fingerprint density at radius 3 is 2.34 bits per heavy atom. The Morgan fingerprint density at radius 1 is 1.00 bits per heavy atom. The molecule has 194 valence electrons. The lowest BCUT2D eigenvalue weighted by atomic mass is 9.35. The summed E-state index contributed by atoms with van der Waals surface area (Å²) in [4.78, 5) is 24.9. The van der Waals surface area contributed by atoms with Gasteiger partial charge in [0.05, 0.1) is 11.5 Å². The molecule has 35 heavy (non-hydrogen) atoms. The van der Waals surface area contributed by atoms with E-state index in [4.69, 9.17) is 4.74 Å². The topological polar surface area (TPSA) is 83.8 Å². The third-order valence-corrected chi connectivity index (χ3v) is 12.1. The van der Waals surface area contributed by atoms with E-state index in [0.29, 0.717) is 12.2 Å². The van der Waals surface area contributed by atoms with Crippen molar-refractivity contribution in [3.05, 3.63) is 23.8 Å². The summed E-state index contributed by atoms with van der Waals surface area (Å²) in [6, 6.07) is 0. The van der Waals surface area contributed by atoms with E-state index in [2.05, 4.69) is 47.3 Å². The highest BCUT2D eigenvalue weighted by atomic mass is 16.5. The van der Waals surface area contributed by atoms with E-state index in [9.17, 15) is 19.8 Å². The van der Waals surface area contributed by atoms with Crippen LogP contribution in [0.25, 0.3) is 0 Å². The quantitative estimate of drug-likeness (QED) is 0.354. The monoisotopic (exact) mass is 484 g/mol. The molecular weight excluding hydrogens is 440 g/mol. The third-order valence-electron chi connectivity index (χ3n) is 12.1. The van der Waals surface area contributed by atoms with E-state index < -0.39 is 17.4 Å². The third kappa shape index (κ3) is 3.22. The van der Waals surface area contributed by atoms with Crippen molar-refractivity contribution in [1.29, 1.82) is 0 Å². The van der Waals surface area contributed by atoms with Crippen molar-refractivity contribution < 1.29 is 24.5 Å². The molecule has 3 unspecified atom stereocenters. The first-order valence-corrected chi connectivity index (χ1v) is 13.7. The van der Waals surface area contributed by atoms with Gasteiger partial charge in [0, 0.05) is 18.1 Å². The number of carboxylic acids is 2. The van der Waals surface area contributed by atoms with Crippen molar-refractivity contribution in [3.63, 3.8) is 0 Å². The minimum absolute atomic E-state index is 0.0325. The number of hydrogen-bond donors (Lipinski definition) is 2. The van der Waals surface area contributed by atoms with Crippen molar-refractivity contribution in [2.75, 3.05) is 6.61 Å². The smallest absolute Gasteiger partial charge is 0.331 e. The molecule has 5 aliphatic rings. The maximum absolute atomic E-state index is 12.8. The Hall–Kier alpha value is -1.62. The van der Waals surface area contributed by atoms with Crippen molar-refractivity contribution in [1.82, 2.24) is 0 Å². The minimum Gasteiger partial charge on any atom is -0.481 e. The molecule has 4 fully saturated rings. The molecule has 5 heteroatoms. The molecule has 0 radical (unpaired) electrons. The highest BCUT2D eigenvalue weighted by molar-refractivity contribution is 5.86. The molecule has 5 rings (SSSR count). The normalized spacial score (nSPS) is 48.3. The van der Waals surface area contributed by atoms with Gasteiger partial charge in [0.1, 0.15) is 0 Å². The molecule has 8 atom stereocenters. The van der Waals surface area contributed by atoms with Crippen LogP contribution < -0.4 is 0 Å². The van der Waals surface area contributed by atoms with Crippen molar-refractivity contribution >= 4 is 11.9 Å². The highest BCUT2D eigenvalue weighted by Gasteiger charge is 2.69. The second-order valence-electron chi connectivity index (χ2n) is 14.1. The van der Waals surface area contributed by atoms with Gasteiger partial charge in [0.15, 0.2) is 0 Å². The van der Waals surface area contributed by atoms with Crippen molar-refractivity contribution in [3.8, 4) is 0 Å². The van der Waals surface area contributed by atoms with Crippen LogP contribution in [0.1, 0.15) is 92.4 Å². The van der Waals surface area contributed by atoms with E-state index in [1.54, 1.807) is 0 Å². The van der Waals surface area contributed by atoms with Crippen molar-refractivity contribution in [2.45, 2.75) is 98.5 Å². The number of rotatable bonds is 3. The molecule has 4 aliphatic carbocycles. The van der Waals surface area contributed by atoms with E-state index in [0.717, 1.165) is 57.8 Å². The fourth-order valence-corrected chi connectivity index (χ4v) is 9.94. The minimum atomic E-state index is -0.881. The largest absolute Gasteiger partial charge is 0.481 e. The number of ether oxygens (including phenoxy) is 1. The van der Waals surface area contributed by atoms with E-state index in [-0.39, 0.29) is 45.5 Å². The van der Waals surface area contributed by atoms with Gasteiger partial charge in [-0.1, -0.05) is 52.8 Å². The van der Waals surface area contributed by atoms with Crippen LogP contribution >= 0.6 is 0 Å². The maximum Gasteiger partial charge on any atom is 0.331 e. The Labute approximate surface area is 210 Å². The molecule has 0 aromatic heterocycles. The Bertz CT molecular complexity index is 995. The van der Waals surface area contributed by atoms with Crippen molar-refractivity contribution in [2.24, 2.45) is 44.8 Å². The molecule has 1 aliphatic heterocycles. The molecule has 0 aromatic rings. The number of carboxylic acid groups (broad SMARTS) is 2. The van der Waals surface area contributed by atoms with Crippen LogP contribution in [0.3, 0.4) is 0 Å². The fourth-order valence-electron chi connectivity index (χ4n) is 9.94. The lowest BCUT2D eigenvalue weighted by Gasteiger charge is -2.69. The van der Waals surface area contributed by atoms with Crippen LogP contribution in [0.4, 0.5) is 0 Å². The first-order valence-electron chi connectivity index (χ1n) is 13.7. The summed E-state index contributed by atoms with van der Waals surface area (Å²) in [5.41, 5.74) is 0.725. The summed E-state index contributed by atoms with van der Waals surface area (Å²) < 4.78 is 6.58. The van der Waals surface area contributed by atoms with E-state index >= 15 is 0 Å². The SMILES string of the molecule is C=C(C(=O)O)C1CC[C@]2(C)C3C(C=C4[C@@H]5CC(C)(C)CC[C@]5(C(=O)O)CC[C@]42C)OCCC[C@@]13C. The van der Waals surface area contributed by atoms with Crippen LogP contribution in [-0.2, 0) is 14.3 Å². The second-order valence-corrected chi connectivity index (χ2v) is 14.1. The molecule has 0 amide bonds. The zero-order valence-electron chi connectivity index (χ0n) is 22.3. The zero-order valence-corrected chi connectivity index (χ0v) is 22.3. The molecule has 0 aromatic carbocycles. The summed E-state index contributed by atoms with van der Waals surface area (Å²) in [7, 11) is 0. The summed E-state index contributed by atoms with van der Waals surface area (Å²) in [5, 5.41) is 20.4. The number of fused-ring (bicyclic) bond motifs is 4. The van der Waals surface area contributed by atoms with Crippen LogP contribution in [-0.4, -0.2) is 34.9 Å². The molecule has 0 bridgehead atoms. The van der Waals surface area contributed by atoms with E-state index in [1.165, 1.54) is 5.57 Å². The summed E-state index contributed by atoms with van der Waals surface area (Å²) in [6.45, 7) is 16.4. The van der Waals surface area contributed by atoms with Gasteiger partial charge < -0.3 is 14.9 Å². The first-order chi connectivity index (χ1) is 16.2. The van der Waals surface area contributed by atoms with Gasteiger partial charge in [-0.3, -0.25) is 4.79 Å². The lowest BCUT2D eigenvalue weighted by Crippen LogP contribution is -2.65. The molecule has 2 N–H and O–H groups in total. The number of aliphatic carboxylic acids is 2. The van der Waals surface area contributed by atoms with Gasteiger partial charge in [-0.25, -0.2) is 4.79 Å². The predicted molar refractivity (Wildman–Crippen MR) is 135 cm³/mol. The first kappa shape index (κ1) is 25.0. The zero-order chi connectivity index (χ0) is 25.6. The Balaban J connectivity index is 1.68. The molecule has 5 nitrogen and oxygen atoms in total. The van der Waals surface area contributed by atoms with Gasteiger partial charge in [0.25, 0.3) is 0 Å². The lowest BCUT2D eigenvalue weighted by molar-refractivity contribution is -0.184. The number of hydrogen-bond acceptors (Lipinski definition) is 3. The predicted octanol–water partition coefficient (Wildman–Crippen LogP) is 6.48. The summed E-state index contributed by atoms with van der Waals surface area (Å²) >= 11 is 0. The maximum atomic E-state index is 12.8. The van der Waals surface area contributed by atoms with Gasteiger partial charge in [-0.2, -0.15) is 0 Å². The van der Waals surface area contributed by atoms with Crippen LogP contribution in [0.5, 0.6) is 0 Å². The average Bonchev–Trinajstić information content (AvgIpc) is 2.94. The van der Waals surface area contributed by atoms with E-state index in [1.807, 2.05) is 0 Å². The fraction of sp³-hybridized carbons (Fsp3) is 0.800.